The summed E-state index contributed by atoms with van der Waals surface area (Å²) in [6.45, 7) is 4.35. The van der Waals surface area contributed by atoms with Crippen LogP contribution in [0.4, 0.5) is 0 Å². The van der Waals surface area contributed by atoms with Crippen LogP contribution >= 0.6 is 0 Å². The predicted molar refractivity (Wildman–Crippen MR) is 126 cm³/mol. The van der Waals surface area contributed by atoms with E-state index in [1.54, 1.807) is 37.4 Å². The first-order valence-electron chi connectivity index (χ1n) is 11.2. The molecule has 1 aliphatic heterocycles. The monoisotopic (exact) mass is 487 g/mol. The molecule has 1 aliphatic rings. The number of ether oxygens (including phenoxy) is 2. The van der Waals surface area contributed by atoms with E-state index < -0.39 is 15.9 Å². The van der Waals surface area contributed by atoms with Crippen LogP contribution in [0, 0.1) is 0 Å². The van der Waals surface area contributed by atoms with Crippen molar-refractivity contribution in [2.24, 2.45) is 0 Å². The molecule has 1 atom stereocenters. The van der Waals surface area contributed by atoms with Crippen molar-refractivity contribution in [3.8, 4) is 34.3 Å². The minimum Gasteiger partial charge on any atom is -0.508 e. The van der Waals surface area contributed by atoms with E-state index in [1.165, 1.54) is 10.6 Å². The Balaban J connectivity index is 1.88. The molecule has 0 radical (unpaired) electrons. The Labute approximate surface area is 198 Å². The van der Waals surface area contributed by atoms with E-state index in [9.17, 15) is 18.6 Å². The molecule has 0 spiro atoms. The molecule has 182 valence electrons. The molecule has 4 rings (SSSR count). The van der Waals surface area contributed by atoms with E-state index in [0.717, 1.165) is 12.8 Å². The fourth-order valence-corrected chi connectivity index (χ4v) is 5.64. The van der Waals surface area contributed by atoms with Crippen LogP contribution in [0.15, 0.2) is 41.6 Å². The predicted octanol–water partition coefficient (Wildman–Crippen LogP) is 3.82. The van der Waals surface area contributed by atoms with Gasteiger partial charge >= 0.3 is 0 Å². The number of hydrogen-bond acceptors (Lipinski definition) is 8. The zero-order valence-corrected chi connectivity index (χ0v) is 20.2. The molecule has 3 aromatic rings. The molecule has 2 aromatic carbocycles. The van der Waals surface area contributed by atoms with Crippen LogP contribution in [-0.4, -0.2) is 59.0 Å². The number of aromatic hydroxyl groups is 2. The normalized spacial score (nSPS) is 16.6. The third-order valence-corrected chi connectivity index (χ3v) is 7.56. The third-order valence-electron chi connectivity index (χ3n) is 5.93. The maximum Gasteiger partial charge on any atom is 0.254 e. The maximum absolute atomic E-state index is 13.4. The Hall–Kier alpha value is -3.11. The van der Waals surface area contributed by atoms with Gasteiger partial charge in [-0.15, -0.1) is 10.2 Å². The Bertz CT molecular complexity index is 1260. The van der Waals surface area contributed by atoms with Crippen LogP contribution in [-0.2, 0) is 14.6 Å². The lowest BCUT2D eigenvalue weighted by Crippen LogP contribution is -2.29. The van der Waals surface area contributed by atoms with Crippen molar-refractivity contribution in [3.63, 3.8) is 0 Å². The quantitative estimate of drug-likeness (QED) is 0.515. The molecule has 34 heavy (non-hydrogen) atoms. The minimum absolute atomic E-state index is 0.0386. The molecular weight excluding hydrogens is 458 g/mol. The summed E-state index contributed by atoms with van der Waals surface area (Å²) in [4.78, 5) is 0. The largest absolute Gasteiger partial charge is 0.508 e. The van der Waals surface area contributed by atoms with Gasteiger partial charge in [0, 0.05) is 12.7 Å². The molecule has 1 fully saturated rings. The summed E-state index contributed by atoms with van der Waals surface area (Å²) in [5, 5.41) is 28.9. The standard InChI is InChI=1S/C24H29N3O6S/c1-15(2)19-12-20(22(29)13-21(19)28)23-25-26-24(27(23)16-7-9-17(32-3)10-8-16)34(30,31)14-18-6-4-5-11-33-18/h7-10,12-13,15,18,28-29H,4-6,11,14H2,1-3H3. The lowest BCUT2D eigenvalue weighted by molar-refractivity contribution is 0.0304. The number of rotatable bonds is 7. The first-order chi connectivity index (χ1) is 16.2. The average molecular weight is 488 g/mol. The van der Waals surface area contributed by atoms with Gasteiger partial charge in [-0.1, -0.05) is 13.8 Å². The third kappa shape index (κ3) is 4.74. The second-order valence-corrected chi connectivity index (χ2v) is 10.6. The fraction of sp³-hybridized carbons (Fsp3) is 0.417. The highest BCUT2D eigenvalue weighted by Gasteiger charge is 2.31. The van der Waals surface area contributed by atoms with Gasteiger partial charge in [-0.05, 0) is 61.1 Å². The fourth-order valence-electron chi connectivity index (χ4n) is 4.10. The summed E-state index contributed by atoms with van der Waals surface area (Å²) in [6, 6.07) is 9.65. The number of phenolic OH excluding ortho intramolecular Hbond substituents is 2. The van der Waals surface area contributed by atoms with Crippen molar-refractivity contribution in [1.29, 1.82) is 0 Å². The number of aromatic nitrogens is 3. The molecule has 1 unspecified atom stereocenters. The van der Waals surface area contributed by atoms with E-state index in [2.05, 4.69) is 10.2 Å². The Morgan fingerprint density at radius 1 is 1.12 bits per heavy atom. The molecule has 0 amide bonds. The molecular formula is C24H29N3O6S. The van der Waals surface area contributed by atoms with Crippen molar-refractivity contribution in [1.82, 2.24) is 14.8 Å². The van der Waals surface area contributed by atoms with Crippen LogP contribution < -0.4 is 4.74 Å². The topological polar surface area (TPSA) is 124 Å². The molecule has 0 saturated carbocycles. The zero-order chi connectivity index (χ0) is 24.5. The highest BCUT2D eigenvalue weighted by Crippen LogP contribution is 2.39. The number of hydrogen-bond donors (Lipinski definition) is 2. The van der Waals surface area contributed by atoms with Crippen LogP contribution in [0.1, 0.15) is 44.6 Å². The Morgan fingerprint density at radius 2 is 1.85 bits per heavy atom. The zero-order valence-electron chi connectivity index (χ0n) is 19.4. The van der Waals surface area contributed by atoms with Crippen molar-refractivity contribution >= 4 is 9.84 Å². The van der Waals surface area contributed by atoms with Gasteiger partial charge in [-0.25, -0.2) is 8.42 Å². The number of benzene rings is 2. The van der Waals surface area contributed by atoms with Gasteiger partial charge in [0.15, 0.2) is 5.82 Å². The minimum atomic E-state index is -3.89. The highest BCUT2D eigenvalue weighted by molar-refractivity contribution is 7.91. The molecule has 10 heteroatoms. The lowest BCUT2D eigenvalue weighted by Gasteiger charge is -2.22. The maximum atomic E-state index is 13.4. The molecule has 0 aliphatic carbocycles. The van der Waals surface area contributed by atoms with Crippen molar-refractivity contribution in [2.75, 3.05) is 19.5 Å². The number of methoxy groups -OCH3 is 1. The van der Waals surface area contributed by atoms with Crippen molar-refractivity contribution in [2.45, 2.75) is 50.3 Å². The van der Waals surface area contributed by atoms with E-state index in [1.807, 2.05) is 13.8 Å². The van der Waals surface area contributed by atoms with Gasteiger partial charge in [0.05, 0.1) is 30.2 Å². The van der Waals surface area contributed by atoms with Crippen LogP contribution in [0.3, 0.4) is 0 Å². The van der Waals surface area contributed by atoms with Crippen LogP contribution in [0.25, 0.3) is 17.1 Å². The number of nitrogens with zero attached hydrogens (tertiary/aromatic N) is 3. The van der Waals surface area contributed by atoms with E-state index in [4.69, 9.17) is 9.47 Å². The summed E-state index contributed by atoms with van der Waals surface area (Å²) in [6.07, 6.45) is 2.09. The summed E-state index contributed by atoms with van der Waals surface area (Å²) in [5.74, 6) is 0.224. The van der Waals surface area contributed by atoms with Gasteiger partial charge in [0.2, 0.25) is 9.84 Å². The Kier molecular flexibility index (Phi) is 6.81. The Morgan fingerprint density at radius 3 is 2.47 bits per heavy atom. The van der Waals surface area contributed by atoms with E-state index in [-0.39, 0.29) is 39.7 Å². The lowest BCUT2D eigenvalue weighted by atomic mass is 9.98. The molecule has 1 saturated heterocycles. The van der Waals surface area contributed by atoms with Crippen molar-refractivity contribution < 1.29 is 28.1 Å². The SMILES string of the molecule is COc1ccc(-n2c(-c3cc(C(C)C)c(O)cc3O)nnc2S(=O)(=O)CC2CCCCO2)cc1. The summed E-state index contributed by atoms with van der Waals surface area (Å²) in [5.41, 5.74) is 1.35. The van der Waals surface area contributed by atoms with Crippen LogP contribution in [0.2, 0.25) is 0 Å². The summed E-state index contributed by atoms with van der Waals surface area (Å²) >= 11 is 0. The van der Waals surface area contributed by atoms with Gasteiger partial charge < -0.3 is 19.7 Å². The second-order valence-electron chi connectivity index (χ2n) is 8.69. The first kappa shape index (κ1) is 24.0. The van der Waals surface area contributed by atoms with E-state index in [0.29, 0.717) is 30.0 Å². The average Bonchev–Trinajstić information content (AvgIpc) is 3.25. The van der Waals surface area contributed by atoms with Gasteiger partial charge in [-0.3, -0.25) is 4.57 Å². The van der Waals surface area contributed by atoms with Gasteiger partial charge in [0.25, 0.3) is 5.16 Å². The van der Waals surface area contributed by atoms with Gasteiger partial charge in [0.1, 0.15) is 17.2 Å². The molecule has 1 aromatic heterocycles. The van der Waals surface area contributed by atoms with Crippen LogP contribution in [0.5, 0.6) is 17.2 Å². The first-order valence-corrected chi connectivity index (χ1v) is 12.9. The van der Waals surface area contributed by atoms with Gasteiger partial charge in [-0.2, -0.15) is 0 Å². The van der Waals surface area contributed by atoms with Crippen molar-refractivity contribution in [3.05, 3.63) is 42.0 Å². The number of phenols is 2. The highest BCUT2D eigenvalue weighted by atomic mass is 32.2. The molecule has 2 heterocycles. The summed E-state index contributed by atoms with van der Waals surface area (Å²) in [7, 11) is -2.34. The number of sulfone groups is 1. The molecule has 9 nitrogen and oxygen atoms in total. The second kappa shape index (κ2) is 9.63. The molecule has 0 bridgehead atoms. The smallest absolute Gasteiger partial charge is 0.254 e. The molecule has 2 N–H and O–H groups in total. The summed E-state index contributed by atoms with van der Waals surface area (Å²) < 4.78 is 39.2. The van der Waals surface area contributed by atoms with E-state index >= 15 is 0 Å².